The Morgan fingerprint density at radius 2 is 2.06 bits per heavy atom. The molecule has 0 aliphatic carbocycles. The van der Waals surface area contributed by atoms with E-state index in [2.05, 4.69) is 0 Å². The molecule has 0 saturated heterocycles. The molecule has 0 heterocycles. The second kappa shape index (κ2) is 4.08. The Balaban J connectivity index is 3.71. The van der Waals surface area contributed by atoms with Gasteiger partial charge in [-0.15, -0.1) is 0 Å². The lowest BCUT2D eigenvalue weighted by Gasteiger charge is -2.02. The number of nitrogens with zero attached hydrogens (tertiary/aromatic N) is 2. The van der Waals surface area contributed by atoms with Crippen LogP contribution in [0.25, 0.3) is 0 Å². The van der Waals surface area contributed by atoms with Crippen LogP contribution >= 0.6 is 10.7 Å². The van der Waals surface area contributed by atoms with E-state index in [1.807, 2.05) is 0 Å². The molecule has 0 N–H and O–H groups in total. The molecule has 0 bridgehead atoms. The molecule has 0 unspecified atom stereocenters. The molecule has 8 heteroatoms. The molecule has 1 aromatic carbocycles. The van der Waals surface area contributed by atoms with Crippen molar-refractivity contribution in [2.24, 2.45) is 0 Å². The Labute approximate surface area is 95.6 Å². The normalized spacial score (nSPS) is 10.8. The van der Waals surface area contributed by atoms with E-state index in [-0.39, 0.29) is 5.56 Å². The average molecular weight is 261 g/mol. The Morgan fingerprint density at radius 3 is 2.44 bits per heavy atom. The lowest BCUT2D eigenvalue weighted by Crippen LogP contribution is -2.01. The standard InChI is InChI=1S/C8H5ClN2O4S/c1-5-2-7(11(12)13)8(16(9,14)15)3-6(5)4-10/h2-3H,1H3. The highest BCUT2D eigenvalue weighted by molar-refractivity contribution is 8.13. The first-order valence-corrected chi connectivity index (χ1v) is 6.22. The zero-order valence-corrected chi connectivity index (χ0v) is 9.54. The minimum absolute atomic E-state index is 0.0322. The van der Waals surface area contributed by atoms with E-state index < -0.39 is 24.6 Å². The average Bonchev–Trinajstić information content (AvgIpc) is 2.15. The first-order chi connectivity index (χ1) is 7.27. The third kappa shape index (κ3) is 2.29. The molecule has 0 amide bonds. The third-order valence-corrected chi connectivity index (χ3v) is 3.24. The number of rotatable bonds is 2. The molecule has 0 aromatic heterocycles. The highest BCUT2D eigenvalue weighted by atomic mass is 35.7. The van der Waals surface area contributed by atoms with Gasteiger partial charge in [-0.2, -0.15) is 5.26 Å². The van der Waals surface area contributed by atoms with E-state index in [1.54, 1.807) is 6.07 Å². The Kier molecular flexibility index (Phi) is 3.16. The predicted molar refractivity (Wildman–Crippen MR) is 55.6 cm³/mol. The molecular formula is C8H5ClN2O4S. The van der Waals surface area contributed by atoms with Crippen molar-refractivity contribution in [1.29, 1.82) is 5.26 Å². The summed E-state index contributed by atoms with van der Waals surface area (Å²) in [5.41, 5.74) is -0.283. The van der Waals surface area contributed by atoms with Gasteiger partial charge in [-0.25, -0.2) is 8.42 Å². The summed E-state index contributed by atoms with van der Waals surface area (Å²) in [5.74, 6) is 0. The van der Waals surface area contributed by atoms with Gasteiger partial charge in [0.2, 0.25) is 0 Å². The maximum atomic E-state index is 11.1. The van der Waals surface area contributed by atoms with Crippen molar-refractivity contribution in [1.82, 2.24) is 0 Å². The molecular weight excluding hydrogens is 256 g/mol. The van der Waals surface area contributed by atoms with Crippen molar-refractivity contribution in [2.75, 3.05) is 0 Å². The minimum atomic E-state index is -4.25. The monoisotopic (exact) mass is 260 g/mol. The van der Waals surface area contributed by atoms with Crippen molar-refractivity contribution in [3.05, 3.63) is 33.4 Å². The van der Waals surface area contributed by atoms with Gasteiger partial charge in [-0.05, 0) is 18.6 Å². The first kappa shape index (κ1) is 12.4. The largest absolute Gasteiger partial charge is 0.289 e. The van der Waals surface area contributed by atoms with Crippen molar-refractivity contribution in [3.8, 4) is 6.07 Å². The van der Waals surface area contributed by atoms with Gasteiger partial charge in [0.15, 0.2) is 4.90 Å². The molecule has 1 aromatic rings. The fourth-order valence-electron chi connectivity index (χ4n) is 1.13. The SMILES string of the molecule is Cc1cc([N+](=O)[O-])c(S(=O)(=O)Cl)cc1C#N. The zero-order chi connectivity index (χ0) is 12.5. The van der Waals surface area contributed by atoms with Crippen LogP contribution in [0.5, 0.6) is 0 Å². The quantitative estimate of drug-likeness (QED) is 0.457. The van der Waals surface area contributed by atoms with Crippen molar-refractivity contribution < 1.29 is 13.3 Å². The first-order valence-electron chi connectivity index (χ1n) is 3.91. The van der Waals surface area contributed by atoms with Crippen LogP contribution in [0.3, 0.4) is 0 Å². The summed E-state index contributed by atoms with van der Waals surface area (Å²) >= 11 is 0. The number of nitriles is 1. The predicted octanol–water partition coefficient (Wildman–Crippen LogP) is 1.70. The van der Waals surface area contributed by atoms with E-state index in [4.69, 9.17) is 15.9 Å². The van der Waals surface area contributed by atoms with Crippen LogP contribution in [0, 0.1) is 28.4 Å². The number of nitro groups is 1. The Morgan fingerprint density at radius 1 is 1.50 bits per heavy atom. The van der Waals surface area contributed by atoms with Gasteiger partial charge >= 0.3 is 0 Å². The van der Waals surface area contributed by atoms with Gasteiger partial charge in [-0.1, -0.05) is 0 Å². The molecule has 84 valence electrons. The maximum absolute atomic E-state index is 11.1. The van der Waals surface area contributed by atoms with Crippen molar-refractivity contribution >= 4 is 25.4 Å². The van der Waals surface area contributed by atoms with E-state index in [0.717, 1.165) is 12.1 Å². The summed E-state index contributed by atoms with van der Waals surface area (Å²) in [6.07, 6.45) is 0. The molecule has 0 atom stereocenters. The van der Waals surface area contributed by atoms with E-state index in [0.29, 0.717) is 5.56 Å². The maximum Gasteiger partial charge on any atom is 0.289 e. The zero-order valence-electron chi connectivity index (χ0n) is 7.97. The number of benzene rings is 1. The van der Waals surface area contributed by atoms with Crippen molar-refractivity contribution in [2.45, 2.75) is 11.8 Å². The summed E-state index contributed by atoms with van der Waals surface area (Å²) in [4.78, 5) is 9.10. The summed E-state index contributed by atoms with van der Waals surface area (Å²) in [7, 11) is 0.799. The molecule has 16 heavy (non-hydrogen) atoms. The van der Waals surface area contributed by atoms with Crippen LogP contribution in [0.2, 0.25) is 0 Å². The van der Waals surface area contributed by atoms with Crippen LogP contribution in [0.4, 0.5) is 5.69 Å². The number of halogens is 1. The molecule has 0 aliphatic heterocycles. The smallest absolute Gasteiger partial charge is 0.258 e. The van der Waals surface area contributed by atoms with Crippen LogP contribution in [-0.4, -0.2) is 13.3 Å². The van der Waals surface area contributed by atoms with Gasteiger partial charge in [0, 0.05) is 16.7 Å². The lowest BCUT2D eigenvalue weighted by atomic mass is 10.1. The highest BCUT2D eigenvalue weighted by Gasteiger charge is 2.25. The molecule has 0 saturated carbocycles. The molecule has 0 radical (unpaired) electrons. The summed E-state index contributed by atoms with van der Waals surface area (Å²) in [5, 5.41) is 19.3. The van der Waals surface area contributed by atoms with Crippen LogP contribution in [0.1, 0.15) is 11.1 Å². The summed E-state index contributed by atoms with van der Waals surface area (Å²) in [6, 6.07) is 3.63. The van der Waals surface area contributed by atoms with E-state index >= 15 is 0 Å². The second-order valence-electron chi connectivity index (χ2n) is 2.94. The number of nitro benzene ring substituents is 1. The van der Waals surface area contributed by atoms with Crippen LogP contribution in [-0.2, 0) is 9.05 Å². The topological polar surface area (TPSA) is 101 Å². The molecule has 0 spiro atoms. The fraction of sp³-hybridized carbons (Fsp3) is 0.125. The van der Waals surface area contributed by atoms with Gasteiger partial charge in [0.05, 0.1) is 16.6 Å². The molecule has 1 rings (SSSR count). The van der Waals surface area contributed by atoms with E-state index in [9.17, 15) is 18.5 Å². The Bertz CT molecular complexity index is 603. The minimum Gasteiger partial charge on any atom is -0.258 e. The number of hydrogen-bond acceptors (Lipinski definition) is 5. The molecule has 0 fully saturated rings. The summed E-state index contributed by atoms with van der Waals surface area (Å²) in [6.45, 7) is 1.47. The molecule has 6 nitrogen and oxygen atoms in total. The van der Waals surface area contributed by atoms with E-state index in [1.165, 1.54) is 6.92 Å². The number of aryl methyl sites for hydroxylation is 1. The lowest BCUT2D eigenvalue weighted by molar-refractivity contribution is -0.387. The van der Waals surface area contributed by atoms with Crippen LogP contribution in [0.15, 0.2) is 17.0 Å². The Hall–Kier alpha value is -1.65. The van der Waals surface area contributed by atoms with Gasteiger partial charge in [0.25, 0.3) is 14.7 Å². The van der Waals surface area contributed by atoms with Crippen LogP contribution < -0.4 is 0 Å². The molecule has 0 aliphatic rings. The fourth-order valence-corrected chi connectivity index (χ4v) is 2.14. The highest BCUT2D eigenvalue weighted by Crippen LogP contribution is 2.29. The van der Waals surface area contributed by atoms with Gasteiger partial charge < -0.3 is 0 Å². The van der Waals surface area contributed by atoms with Crippen molar-refractivity contribution in [3.63, 3.8) is 0 Å². The summed E-state index contributed by atoms with van der Waals surface area (Å²) < 4.78 is 22.2. The van der Waals surface area contributed by atoms with Gasteiger partial charge in [-0.3, -0.25) is 10.1 Å². The third-order valence-electron chi connectivity index (χ3n) is 1.89. The second-order valence-corrected chi connectivity index (χ2v) is 5.48. The van der Waals surface area contributed by atoms with Gasteiger partial charge in [0.1, 0.15) is 0 Å². The number of hydrogen-bond donors (Lipinski definition) is 0.